The second-order valence-electron chi connectivity index (χ2n) is 5.37. The first-order valence-electron chi connectivity index (χ1n) is 6.84. The van der Waals surface area contributed by atoms with Crippen LogP contribution in [0.15, 0.2) is 0 Å². The highest BCUT2D eigenvalue weighted by molar-refractivity contribution is 5.74. The number of piperidine rings is 1. The van der Waals surface area contributed by atoms with E-state index in [1.165, 1.54) is 0 Å². The van der Waals surface area contributed by atoms with Gasteiger partial charge in [-0.05, 0) is 18.8 Å². The third kappa shape index (κ3) is 3.14. The fourth-order valence-electron chi connectivity index (χ4n) is 2.60. The molecule has 0 aromatic heterocycles. The Balaban J connectivity index is 1.79. The first-order valence-corrected chi connectivity index (χ1v) is 6.84. The summed E-state index contributed by atoms with van der Waals surface area (Å²) in [6, 6.07) is 2.35. The zero-order valence-corrected chi connectivity index (χ0v) is 11.1. The lowest BCUT2D eigenvalue weighted by atomic mass is 9.99. The summed E-state index contributed by atoms with van der Waals surface area (Å²) >= 11 is 0. The van der Waals surface area contributed by atoms with Crippen LogP contribution in [0.3, 0.4) is 0 Å². The molecule has 0 unspecified atom stereocenters. The van der Waals surface area contributed by atoms with Crippen molar-refractivity contribution in [2.24, 2.45) is 5.92 Å². The Hall–Kier alpha value is -1.28. The van der Waals surface area contributed by atoms with E-state index in [-0.39, 0.29) is 6.03 Å². The third-order valence-electron chi connectivity index (χ3n) is 3.99. The second-order valence-corrected chi connectivity index (χ2v) is 5.37. The van der Waals surface area contributed by atoms with Crippen molar-refractivity contribution in [3.8, 4) is 6.07 Å². The van der Waals surface area contributed by atoms with Crippen LogP contribution in [0, 0.1) is 17.2 Å². The van der Waals surface area contributed by atoms with E-state index in [1.54, 1.807) is 0 Å². The van der Waals surface area contributed by atoms with E-state index >= 15 is 0 Å². The number of nitriles is 1. The van der Waals surface area contributed by atoms with Crippen molar-refractivity contribution in [1.29, 1.82) is 5.26 Å². The molecule has 2 amide bonds. The third-order valence-corrected chi connectivity index (χ3v) is 3.99. The van der Waals surface area contributed by atoms with Crippen LogP contribution in [0.2, 0.25) is 0 Å². The lowest BCUT2D eigenvalue weighted by molar-refractivity contribution is 0.106. The van der Waals surface area contributed by atoms with Crippen molar-refractivity contribution in [2.75, 3.05) is 45.8 Å². The molecule has 2 aliphatic heterocycles. The van der Waals surface area contributed by atoms with E-state index in [2.05, 4.69) is 17.9 Å². The Morgan fingerprint density at radius 3 is 2.22 bits per heavy atom. The molecule has 0 radical (unpaired) electrons. The van der Waals surface area contributed by atoms with Gasteiger partial charge in [0, 0.05) is 39.3 Å². The number of piperazine rings is 1. The van der Waals surface area contributed by atoms with E-state index in [0.29, 0.717) is 6.54 Å². The zero-order valence-electron chi connectivity index (χ0n) is 11.1. The first kappa shape index (κ1) is 13.2. The predicted molar refractivity (Wildman–Crippen MR) is 69.0 cm³/mol. The molecule has 0 aliphatic carbocycles. The van der Waals surface area contributed by atoms with E-state index in [9.17, 15) is 4.79 Å². The van der Waals surface area contributed by atoms with Gasteiger partial charge in [0.05, 0.1) is 12.6 Å². The molecule has 100 valence electrons. The zero-order chi connectivity index (χ0) is 13.0. The van der Waals surface area contributed by atoms with Crippen molar-refractivity contribution in [3.63, 3.8) is 0 Å². The molecule has 0 bridgehead atoms. The monoisotopic (exact) mass is 250 g/mol. The maximum Gasteiger partial charge on any atom is 0.320 e. The number of carbonyl (C=O) groups is 1. The molecular weight excluding hydrogens is 228 g/mol. The Morgan fingerprint density at radius 2 is 1.67 bits per heavy atom. The van der Waals surface area contributed by atoms with E-state index < -0.39 is 0 Å². The summed E-state index contributed by atoms with van der Waals surface area (Å²) < 4.78 is 0. The topological polar surface area (TPSA) is 50.6 Å². The van der Waals surface area contributed by atoms with Gasteiger partial charge < -0.3 is 9.80 Å². The molecule has 0 aromatic carbocycles. The van der Waals surface area contributed by atoms with Crippen molar-refractivity contribution >= 4 is 6.03 Å². The molecule has 2 saturated heterocycles. The number of hydrogen-bond acceptors (Lipinski definition) is 3. The highest BCUT2D eigenvalue weighted by atomic mass is 16.2. The molecule has 0 saturated carbocycles. The number of rotatable bonds is 1. The Morgan fingerprint density at radius 1 is 1.11 bits per heavy atom. The maximum atomic E-state index is 12.3. The van der Waals surface area contributed by atoms with Gasteiger partial charge in [0.1, 0.15) is 0 Å². The number of hydrogen-bond donors (Lipinski definition) is 0. The lowest BCUT2D eigenvalue weighted by Gasteiger charge is -2.38. The average Bonchev–Trinajstić information content (AvgIpc) is 2.40. The molecular formula is C13H22N4O. The minimum absolute atomic E-state index is 0.193. The molecule has 0 N–H and O–H groups in total. The summed E-state index contributed by atoms with van der Waals surface area (Å²) in [5.74, 6) is 0.751. The normalized spacial score (nSPS) is 22.9. The van der Waals surface area contributed by atoms with E-state index in [1.807, 2.05) is 9.80 Å². The number of carbonyl (C=O) groups excluding carboxylic acids is 1. The highest BCUT2D eigenvalue weighted by Crippen LogP contribution is 2.17. The average molecular weight is 250 g/mol. The minimum Gasteiger partial charge on any atom is -0.325 e. The fourth-order valence-corrected chi connectivity index (χ4v) is 2.60. The van der Waals surface area contributed by atoms with Crippen LogP contribution in [0.25, 0.3) is 0 Å². The van der Waals surface area contributed by atoms with Crippen LogP contribution in [0.4, 0.5) is 4.79 Å². The summed E-state index contributed by atoms with van der Waals surface area (Å²) in [5, 5.41) is 8.64. The van der Waals surface area contributed by atoms with Crippen LogP contribution < -0.4 is 0 Å². The van der Waals surface area contributed by atoms with Crippen LogP contribution >= 0.6 is 0 Å². The summed E-state index contributed by atoms with van der Waals surface area (Å²) in [6.45, 7) is 7.69. The second kappa shape index (κ2) is 6.05. The first-order chi connectivity index (χ1) is 8.70. The molecule has 2 heterocycles. The minimum atomic E-state index is 0.193. The van der Waals surface area contributed by atoms with Crippen molar-refractivity contribution in [1.82, 2.24) is 14.7 Å². The summed E-state index contributed by atoms with van der Waals surface area (Å²) in [5.41, 5.74) is 0. The van der Waals surface area contributed by atoms with Gasteiger partial charge in [-0.2, -0.15) is 5.26 Å². The smallest absolute Gasteiger partial charge is 0.320 e. The van der Waals surface area contributed by atoms with Gasteiger partial charge in [0.15, 0.2) is 0 Å². The largest absolute Gasteiger partial charge is 0.325 e. The summed E-state index contributed by atoms with van der Waals surface area (Å²) in [4.78, 5) is 18.3. The van der Waals surface area contributed by atoms with Crippen molar-refractivity contribution in [2.45, 2.75) is 19.8 Å². The van der Waals surface area contributed by atoms with Crippen molar-refractivity contribution in [3.05, 3.63) is 0 Å². The van der Waals surface area contributed by atoms with E-state index in [4.69, 9.17) is 5.26 Å². The van der Waals surface area contributed by atoms with Crippen LogP contribution in [-0.2, 0) is 0 Å². The molecule has 0 spiro atoms. The lowest BCUT2D eigenvalue weighted by Crippen LogP contribution is -2.54. The van der Waals surface area contributed by atoms with Gasteiger partial charge in [0.25, 0.3) is 0 Å². The molecule has 2 rings (SSSR count). The van der Waals surface area contributed by atoms with Gasteiger partial charge in [-0.25, -0.2) is 4.79 Å². The van der Waals surface area contributed by atoms with Crippen LogP contribution in [-0.4, -0.2) is 66.5 Å². The molecule has 2 aliphatic rings. The number of amides is 2. The van der Waals surface area contributed by atoms with Gasteiger partial charge in [-0.3, -0.25) is 4.90 Å². The molecule has 0 aromatic rings. The molecule has 5 nitrogen and oxygen atoms in total. The SMILES string of the molecule is CC1CCN(C(=O)N2CCN(CC#N)CC2)CC1. The van der Waals surface area contributed by atoms with Gasteiger partial charge >= 0.3 is 6.03 Å². The van der Waals surface area contributed by atoms with Crippen LogP contribution in [0.1, 0.15) is 19.8 Å². The Labute approximate surface area is 109 Å². The van der Waals surface area contributed by atoms with Crippen molar-refractivity contribution < 1.29 is 4.79 Å². The number of likely N-dealkylation sites (tertiary alicyclic amines) is 1. The number of urea groups is 1. The molecule has 0 atom stereocenters. The van der Waals surface area contributed by atoms with E-state index in [0.717, 1.165) is 58.0 Å². The number of nitrogens with zero attached hydrogens (tertiary/aromatic N) is 4. The van der Waals surface area contributed by atoms with Gasteiger partial charge in [-0.15, -0.1) is 0 Å². The summed E-state index contributed by atoms with van der Waals surface area (Å²) in [6.07, 6.45) is 2.25. The van der Waals surface area contributed by atoms with Crippen LogP contribution in [0.5, 0.6) is 0 Å². The Bertz CT molecular complexity index is 322. The summed E-state index contributed by atoms with van der Waals surface area (Å²) in [7, 11) is 0. The standard InChI is InChI=1S/C13H22N4O/c1-12-2-5-16(6-3-12)13(18)17-10-8-15(7-4-14)9-11-17/h12H,2-3,5-11H2,1H3. The van der Waals surface area contributed by atoms with Gasteiger partial charge in [0.2, 0.25) is 0 Å². The molecule has 18 heavy (non-hydrogen) atoms. The fraction of sp³-hybridized carbons (Fsp3) is 0.846. The highest BCUT2D eigenvalue weighted by Gasteiger charge is 2.27. The Kier molecular flexibility index (Phi) is 4.43. The predicted octanol–water partition coefficient (Wildman–Crippen LogP) is 0.979. The molecule has 2 fully saturated rings. The quantitative estimate of drug-likeness (QED) is 0.652. The maximum absolute atomic E-state index is 12.3. The molecule has 5 heteroatoms. The van der Waals surface area contributed by atoms with Gasteiger partial charge in [-0.1, -0.05) is 6.92 Å².